The molecule has 0 saturated carbocycles. The number of carbonyl (C=O) groups excluding carboxylic acids is 3. The smallest absolute Gasteiger partial charge is 0.322 e. The quantitative estimate of drug-likeness (QED) is 0.358. The molecule has 2 saturated heterocycles. The van der Waals surface area contributed by atoms with Gasteiger partial charge in [-0.1, -0.05) is 48.5 Å². The lowest BCUT2D eigenvalue weighted by molar-refractivity contribution is -0.120. The van der Waals surface area contributed by atoms with E-state index in [9.17, 15) is 14.4 Å². The molecule has 190 valence electrons. The first-order valence-corrected chi connectivity index (χ1v) is 12.6. The number of urea groups is 1. The third-order valence-electron chi connectivity index (χ3n) is 6.74. The van der Waals surface area contributed by atoms with Crippen LogP contribution in [0.3, 0.4) is 0 Å². The molecule has 5 rings (SSSR count). The highest BCUT2D eigenvalue weighted by atomic mass is 16.2. The van der Waals surface area contributed by atoms with Gasteiger partial charge in [-0.3, -0.25) is 19.8 Å². The maximum atomic E-state index is 12.8. The Hall–Kier alpha value is -4.01. The van der Waals surface area contributed by atoms with Crippen molar-refractivity contribution >= 4 is 17.8 Å². The molecular formula is C29H31N5O3. The van der Waals surface area contributed by atoms with Gasteiger partial charge in [0.1, 0.15) is 6.04 Å². The second kappa shape index (κ2) is 11.4. The van der Waals surface area contributed by atoms with E-state index in [1.165, 1.54) is 5.56 Å². The van der Waals surface area contributed by atoms with E-state index in [2.05, 4.69) is 62.6 Å². The van der Waals surface area contributed by atoms with Crippen LogP contribution in [0, 0.1) is 0 Å². The van der Waals surface area contributed by atoms with Crippen LogP contribution in [0.2, 0.25) is 0 Å². The van der Waals surface area contributed by atoms with E-state index in [1.54, 1.807) is 18.2 Å². The summed E-state index contributed by atoms with van der Waals surface area (Å²) in [5, 5.41) is 11.2. The van der Waals surface area contributed by atoms with E-state index < -0.39 is 12.1 Å². The van der Waals surface area contributed by atoms with E-state index in [-0.39, 0.29) is 11.8 Å². The molecule has 4 N–H and O–H groups in total. The van der Waals surface area contributed by atoms with Crippen LogP contribution in [0.25, 0.3) is 11.1 Å². The van der Waals surface area contributed by atoms with Crippen LogP contribution in [-0.2, 0) is 24.3 Å². The summed E-state index contributed by atoms with van der Waals surface area (Å²) in [5.41, 5.74) is 5.91. The van der Waals surface area contributed by atoms with Crippen molar-refractivity contribution < 1.29 is 14.4 Å². The van der Waals surface area contributed by atoms with Crippen LogP contribution in [0.15, 0.2) is 72.8 Å². The third kappa shape index (κ3) is 6.41. The minimum atomic E-state index is -0.621. The highest BCUT2D eigenvalue weighted by Crippen LogP contribution is 2.22. The molecule has 2 fully saturated rings. The molecule has 2 aliphatic rings. The molecule has 0 aromatic heterocycles. The first kappa shape index (κ1) is 24.7. The maximum absolute atomic E-state index is 12.8. The summed E-state index contributed by atoms with van der Waals surface area (Å²) >= 11 is 0. The van der Waals surface area contributed by atoms with E-state index in [0.29, 0.717) is 18.5 Å². The molecule has 3 aromatic carbocycles. The van der Waals surface area contributed by atoms with Gasteiger partial charge < -0.3 is 16.0 Å². The van der Waals surface area contributed by atoms with Gasteiger partial charge in [0.2, 0.25) is 0 Å². The number of nitrogens with zero attached hydrogens (tertiary/aromatic N) is 1. The number of piperazine rings is 1. The fourth-order valence-corrected chi connectivity index (χ4v) is 4.80. The van der Waals surface area contributed by atoms with Crippen LogP contribution in [0.4, 0.5) is 4.79 Å². The Balaban J connectivity index is 1.20. The Morgan fingerprint density at radius 2 is 1.54 bits per heavy atom. The van der Waals surface area contributed by atoms with Gasteiger partial charge in [-0.25, -0.2) is 4.79 Å². The average Bonchev–Trinajstić information content (AvgIpc) is 3.24. The van der Waals surface area contributed by atoms with Gasteiger partial charge in [-0.05, 0) is 52.1 Å². The van der Waals surface area contributed by atoms with E-state index in [1.807, 2.05) is 18.2 Å². The predicted molar refractivity (Wildman–Crippen MR) is 142 cm³/mol. The lowest BCUT2D eigenvalue weighted by Crippen LogP contribution is -2.42. The fourth-order valence-electron chi connectivity index (χ4n) is 4.80. The molecule has 1 atom stereocenters. The summed E-state index contributed by atoms with van der Waals surface area (Å²) in [6.45, 7) is 5.55. The zero-order valence-electron chi connectivity index (χ0n) is 20.6. The Bertz CT molecular complexity index is 1300. The van der Waals surface area contributed by atoms with Gasteiger partial charge in [-0.2, -0.15) is 0 Å². The highest BCUT2D eigenvalue weighted by Gasteiger charge is 2.29. The molecule has 37 heavy (non-hydrogen) atoms. The standard InChI is InChI=1S/C29H31N5O3/c35-27(25-9-1-4-20(14-25)17-26-28(36)33-29(37)32-26)31-18-21-5-2-7-23(15-21)24-8-3-6-22(16-24)19-34-12-10-30-11-13-34/h1-9,14-16,26,30H,10-13,17-19H2,(H,31,35)(H2,32,33,36,37). The number of imide groups is 1. The lowest BCUT2D eigenvalue weighted by Gasteiger charge is -2.27. The third-order valence-corrected chi connectivity index (χ3v) is 6.74. The minimum absolute atomic E-state index is 0.190. The Morgan fingerprint density at radius 3 is 2.27 bits per heavy atom. The second-order valence-corrected chi connectivity index (χ2v) is 9.53. The molecule has 2 heterocycles. The van der Waals surface area contributed by atoms with E-state index in [4.69, 9.17) is 0 Å². The van der Waals surface area contributed by atoms with Crippen molar-refractivity contribution in [3.8, 4) is 11.1 Å². The van der Waals surface area contributed by atoms with Gasteiger partial charge >= 0.3 is 6.03 Å². The molecule has 4 amide bonds. The highest BCUT2D eigenvalue weighted by molar-refractivity contribution is 6.04. The number of amides is 4. The van der Waals surface area contributed by atoms with Crippen molar-refractivity contribution in [3.05, 3.63) is 95.1 Å². The molecule has 0 bridgehead atoms. The van der Waals surface area contributed by atoms with Crippen LogP contribution in [0.1, 0.15) is 27.0 Å². The van der Waals surface area contributed by atoms with Crippen LogP contribution >= 0.6 is 0 Å². The SMILES string of the molecule is O=C1NC(=O)C(Cc2cccc(C(=O)NCc3cccc(-c4cccc(CN5CCNCC5)c4)c3)c2)N1. The minimum Gasteiger partial charge on any atom is -0.348 e. The number of hydrogen-bond acceptors (Lipinski definition) is 5. The normalized spacial score (nSPS) is 17.8. The van der Waals surface area contributed by atoms with Crippen molar-refractivity contribution in [1.82, 2.24) is 26.2 Å². The van der Waals surface area contributed by atoms with Crippen LogP contribution < -0.4 is 21.3 Å². The van der Waals surface area contributed by atoms with Gasteiger partial charge in [-0.15, -0.1) is 0 Å². The summed E-state index contributed by atoms with van der Waals surface area (Å²) in [6.07, 6.45) is 0.328. The molecule has 0 spiro atoms. The number of benzene rings is 3. The Kier molecular flexibility index (Phi) is 7.58. The summed E-state index contributed by atoms with van der Waals surface area (Å²) < 4.78 is 0. The molecule has 0 aliphatic carbocycles. The van der Waals surface area contributed by atoms with Crippen molar-refractivity contribution in [1.29, 1.82) is 0 Å². The molecule has 2 aliphatic heterocycles. The zero-order valence-corrected chi connectivity index (χ0v) is 20.6. The fraction of sp³-hybridized carbons (Fsp3) is 0.276. The lowest BCUT2D eigenvalue weighted by atomic mass is 10.0. The molecule has 8 heteroatoms. The van der Waals surface area contributed by atoms with Crippen molar-refractivity contribution in [2.45, 2.75) is 25.6 Å². The van der Waals surface area contributed by atoms with Gasteiger partial charge in [0.25, 0.3) is 11.8 Å². The first-order valence-electron chi connectivity index (χ1n) is 12.6. The van der Waals surface area contributed by atoms with E-state index in [0.717, 1.165) is 55.0 Å². The van der Waals surface area contributed by atoms with E-state index >= 15 is 0 Å². The van der Waals surface area contributed by atoms with Crippen molar-refractivity contribution in [2.24, 2.45) is 0 Å². The molecule has 1 unspecified atom stereocenters. The number of nitrogens with one attached hydrogen (secondary N) is 4. The average molecular weight is 498 g/mol. The largest absolute Gasteiger partial charge is 0.348 e. The second-order valence-electron chi connectivity index (χ2n) is 9.53. The van der Waals surface area contributed by atoms with Gasteiger partial charge in [0.15, 0.2) is 0 Å². The van der Waals surface area contributed by atoms with Crippen LogP contribution in [-0.4, -0.2) is 55.0 Å². The van der Waals surface area contributed by atoms with Crippen LogP contribution in [0.5, 0.6) is 0 Å². The summed E-state index contributed by atoms with van der Waals surface area (Å²) in [5.74, 6) is -0.542. The van der Waals surface area contributed by atoms with Gasteiger partial charge in [0.05, 0.1) is 0 Å². The number of rotatable bonds is 8. The molecule has 0 radical (unpaired) electrons. The maximum Gasteiger partial charge on any atom is 0.322 e. The van der Waals surface area contributed by atoms with Crippen molar-refractivity contribution in [3.63, 3.8) is 0 Å². The predicted octanol–water partition coefficient (Wildman–Crippen LogP) is 2.44. The Morgan fingerprint density at radius 1 is 0.865 bits per heavy atom. The summed E-state index contributed by atoms with van der Waals surface area (Å²) in [4.78, 5) is 38.5. The Labute approximate surface area is 216 Å². The first-order chi connectivity index (χ1) is 18.0. The zero-order chi connectivity index (χ0) is 25.6. The monoisotopic (exact) mass is 497 g/mol. The molecule has 3 aromatic rings. The van der Waals surface area contributed by atoms with Gasteiger partial charge in [0, 0.05) is 51.3 Å². The topological polar surface area (TPSA) is 103 Å². The van der Waals surface area contributed by atoms with Crippen molar-refractivity contribution in [2.75, 3.05) is 26.2 Å². The summed E-state index contributed by atoms with van der Waals surface area (Å²) in [7, 11) is 0. The molecular weight excluding hydrogens is 466 g/mol. The number of carbonyl (C=O) groups is 3. The summed E-state index contributed by atoms with van der Waals surface area (Å²) in [6, 6.07) is 22.9. The molecule has 8 nitrogen and oxygen atoms in total. The number of hydrogen-bond donors (Lipinski definition) is 4.